The largest absolute Gasteiger partial charge is 0.455 e. The van der Waals surface area contributed by atoms with Crippen molar-refractivity contribution in [3.05, 3.63) is 123 Å². The van der Waals surface area contributed by atoms with Gasteiger partial charge in [0.2, 0.25) is 0 Å². The number of aromatic nitrogens is 2. The van der Waals surface area contributed by atoms with E-state index in [9.17, 15) is 27.5 Å². The minimum atomic E-state index is -4.58. The number of allylic oxidation sites excluding steroid dienone is 1. The average molecular weight is 984 g/mol. The van der Waals surface area contributed by atoms with Crippen LogP contribution in [0.3, 0.4) is 0 Å². The molecule has 4 heterocycles. The highest BCUT2D eigenvalue weighted by Crippen LogP contribution is 2.43. The SMILES string of the molecule is C[C@H](Cc1ccc(S(=O)(=O)NC(=O)c2ccc(N3CCN(CC4=C(c5ccc(Cl)cc5)CC(C)(C)CC4)CC3)cc2Oc2cnc3[nH]ccc3c2)cc1[N+](=O)[O-])CN1CCS(=O)(=NC2CC2)CC1. The van der Waals surface area contributed by atoms with Gasteiger partial charge in [-0.05, 0) is 103 Å². The van der Waals surface area contributed by atoms with Crippen molar-refractivity contribution in [2.24, 2.45) is 15.7 Å². The number of hydrogen-bond acceptors (Lipinski definition) is 12. The number of halogens is 1. The number of ether oxygens (including phenoxy) is 1. The van der Waals surface area contributed by atoms with Crippen LogP contribution in [0.5, 0.6) is 11.5 Å². The average Bonchev–Trinajstić information content (AvgIpc) is 3.99. The Balaban J connectivity index is 0.896. The maximum atomic E-state index is 14.1. The lowest BCUT2D eigenvalue weighted by atomic mass is 9.72. The van der Waals surface area contributed by atoms with Gasteiger partial charge < -0.3 is 19.5 Å². The highest BCUT2D eigenvalue weighted by molar-refractivity contribution is 7.93. The Bertz CT molecular complexity index is 2980. The number of nitro groups is 1. The van der Waals surface area contributed by atoms with E-state index in [4.69, 9.17) is 16.3 Å². The number of amides is 1. The minimum Gasteiger partial charge on any atom is -0.455 e. The standard InChI is InChI=1S/C50H59ClN8O7S2/c1-34(32-57-22-24-67(63,25-23-57)54-40-9-10-40)26-36-6-12-43(29-46(36)59(61)62)68(64,65)55-49(60)44-13-11-41(28-47(44)66-42-27-37-15-17-52-48(37)53-31-42)58-20-18-56(19-21-58)33-38-14-16-50(2,3)30-45(38)35-4-7-39(51)8-5-35/h4-8,11-13,15,17,27-29,31,34,40H,9-10,14,16,18-26,30,32-33H2,1-3H3,(H,52,53)(H,55,60)/t34-/m1/s1. The monoisotopic (exact) mass is 982 g/mol. The van der Waals surface area contributed by atoms with Gasteiger partial charge in [0, 0.05) is 114 Å². The molecule has 4 aliphatic rings. The van der Waals surface area contributed by atoms with Gasteiger partial charge in [-0.2, -0.15) is 0 Å². The van der Waals surface area contributed by atoms with E-state index < -0.39 is 35.5 Å². The molecular formula is C50H59ClN8O7S2. The van der Waals surface area contributed by atoms with Gasteiger partial charge in [-0.25, -0.2) is 26.7 Å². The number of sulfonamides is 1. The second-order valence-electron chi connectivity index (χ2n) is 19.7. The Labute approximate surface area is 403 Å². The van der Waals surface area contributed by atoms with Gasteiger partial charge in [0.25, 0.3) is 21.6 Å². The fourth-order valence-corrected chi connectivity index (χ4v) is 13.0. The van der Waals surface area contributed by atoms with E-state index in [2.05, 4.69) is 59.7 Å². The van der Waals surface area contributed by atoms with E-state index in [0.717, 1.165) is 87.0 Å². The van der Waals surface area contributed by atoms with Crippen molar-refractivity contribution in [3.8, 4) is 11.5 Å². The summed E-state index contributed by atoms with van der Waals surface area (Å²) in [5.41, 5.74) is 5.78. The number of carbonyl (C=O) groups excluding carboxylic acids is 1. The number of benzene rings is 3. The van der Waals surface area contributed by atoms with Gasteiger partial charge in [0.05, 0.1) is 27.6 Å². The van der Waals surface area contributed by atoms with Crippen LogP contribution in [0.4, 0.5) is 11.4 Å². The van der Waals surface area contributed by atoms with Crippen LogP contribution < -0.4 is 14.4 Å². The van der Waals surface area contributed by atoms with Gasteiger partial charge in [-0.1, -0.05) is 56.1 Å². The van der Waals surface area contributed by atoms with Gasteiger partial charge in [-0.15, -0.1) is 0 Å². The Morgan fingerprint density at radius 3 is 2.49 bits per heavy atom. The van der Waals surface area contributed by atoms with Gasteiger partial charge >= 0.3 is 0 Å². The van der Waals surface area contributed by atoms with Crippen LogP contribution in [0.1, 0.15) is 74.4 Å². The number of carbonyl (C=O) groups is 1. The number of rotatable bonds is 15. The Morgan fingerprint density at radius 2 is 1.76 bits per heavy atom. The molecule has 3 fully saturated rings. The van der Waals surface area contributed by atoms with Crippen LogP contribution in [0.2, 0.25) is 5.02 Å². The lowest BCUT2D eigenvalue weighted by molar-refractivity contribution is -0.385. The number of aromatic amines is 1. The van der Waals surface area contributed by atoms with Crippen LogP contribution in [-0.4, -0.2) is 113 Å². The summed E-state index contributed by atoms with van der Waals surface area (Å²) in [6.45, 7) is 12.5. The fourth-order valence-electron chi connectivity index (χ4n) is 9.65. The zero-order chi connectivity index (χ0) is 47.8. The second-order valence-corrected chi connectivity index (χ2v) is 24.4. The van der Waals surface area contributed by atoms with Crippen LogP contribution in [0.25, 0.3) is 16.6 Å². The molecule has 15 nitrogen and oxygen atoms in total. The molecule has 5 aromatic rings. The fraction of sp³-hybridized carbons (Fsp3) is 0.440. The molecule has 360 valence electrons. The van der Waals surface area contributed by atoms with E-state index in [1.54, 1.807) is 30.5 Å². The smallest absolute Gasteiger partial charge is 0.273 e. The highest BCUT2D eigenvalue weighted by Gasteiger charge is 2.32. The van der Waals surface area contributed by atoms with Gasteiger partial charge in [0.1, 0.15) is 17.1 Å². The number of fused-ring (bicyclic) bond motifs is 1. The van der Waals surface area contributed by atoms with Crippen molar-refractivity contribution in [1.82, 2.24) is 24.5 Å². The topological polar surface area (TPSA) is 183 Å². The number of pyridine rings is 1. The van der Waals surface area contributed by atoms with Crippen LogP contribution >= 0.6 is 11.6 Å². The zero-order valence-corrected chi connectivity index (χ0v) is 41.2. The third kappa shape index (κ3) is 11.4. The number of anilines is 1. The normalized spacial score (nSPS) is 19.4. The summed E-state index contributed by atoms with van der Waals surface area (Å²) in [7, 11) is -6.76. The molecule has 1 amide bonds. The third-order valence-corrected chi connectivity index (χ3v) is 17.5. The second kappa shape index (κ2) is 19.6. The predicted octanol–water partition coefficient (Wildman–Crippen LogP) is 8.95. The van der Waals surface area contributed by atoms with Crippen molar-refractivity contribution < 1.29 is 27.1 Å². The van der Waals surface area contributed by atoms with Crippen molar-refractivity contribution in [3.63, 3.8) is 0 Å². The molecule has 2 aliphatic carbocycles. The summed E-state index contributed by atoms with van der Waals surface area (Å²) in [5.74, 6) is 0.557. The number of piperazine rings is 1. The number of hydrogen-bond donors (Lipinski definition) is 2. The molecule has 0 radical (unpaired) electrons. The summed E-state index contributed by atoms with van der Waals surface area (Å²) in [6, 6.07) is 20.9. The quantitative estimate of drug-likeness (QED) is 0.0754. The van der Waals surface area contributed by atoms with E-state index in [1.165, 1.54) is 35.0 Å². The summed E-state index contributed by atoms with van der Waals surface area (Å²) in [5, 5.41) is 13.9. The Morgan fingerprint density at radius 1 is 1.01 bits per heavy atom. The van der Waals surface area contributed by atoms with Gasteiger partial charge in [-0.3, -0.25) is 19.8 Å². The predicted molar refractivity (Wildman–Crippen MR) is 268 cm³/mol. The van der Waals surface area contributed by atoms with E-state index in [-0.39, 0.29) is 34.4 Å². The summed E-state index contributed by atoms with van der Waals surface area (Å²) in [6.07, 6.45) is 8.83. The molecule has 9 rings (SSSR count). The molecular weight excluding hydrogens is 924 g/mol. The first-order valence-corrected chi connectivity index (χ1v) is 27.2. The van der Waals surface area contributed by atoms with E-state index >= 15 is 0 Å². The molecule has 18 heteroatoms. The molecule has 68 heavy (non-hydrogen) atoms. The number of nitrogens with zero attached hydrogens (tertiary/aromatic N) is 6. The molecule has 3 aromatic carbocycles. The number of nitrogens with one attached hydrogen (secondary N) is 2. The van der Waals surface area contributed by atoms with E-state index in [0.29, 0.717) is 54.5 Å². The summed E-state index contributed by atoms with van der Waals surface area (Å²) < 4.78 is 53.9. The zero-order valence-electron chi connectivity index (χ0n) is 38.8. The first kappa shape index (κ1) is 47.7. The number of nitro benzene ring substituents is 1. The van der Waals surface area contributed by atoms with E-state index in [1.807, 2.05) is 25.1 Å². The molecule has 2 aliphatic heterocycles. The van der Waals surface area contributed by atoms with Crippen LogP contribution in [0, 0.1) is 21.4 Å². The lowest BCUT2D eigenvalue weighted by Gasteiger charge is -2.39. The maximum Gasteiger partial charge on any atom is 0.273 e. The molecule has 0 spiro atoms. The highest BCUT2D eigenvalue weighted by atomic mass is 35.5. The first-order valence-electron chi connectivity index (χ1n) is 23.5. The van der Waals surface area contributed by atoms with Crippen LogP contribution in [0.15, 0.2) is 100 Å². The van der Waals surface area contributed by atoms with Crippen molar-refractivity contribution in [1.29, 1.82) is 0 Å². The Hall–Kier alpha value is -5.33. The summed E-state index contributed by atoms with van der Waals surface area (Å²) in [4.78, 5) is 39.8. The van der Waals surface area contributed by atoms with Crippen LogP contribution in [-0.2, 0) is 26.2 Å². The molecule has 0 bridgehead atoms. The van der Waals surface area contributed by atoms with Crippen molar-refractivity contribution in [2.75, 3.05) is 68.8 Å². The first-order chi connectivity index (χ1) is 32.5. The van der Waals surface area contributed by atoms with Crippen molar-refractivity contribution in [2.45, 2.75) is 70.2 Å². The van der Waals surface area contributed by atoms with Crippen molar-refractivity contribution >= 4 is 65.2 Å². The number of H-pyrrole nitrogens is 1. The molecule has 1 saturated carbocycles. The van der Waals surface area contributed by atoms with Gasteiger partial charge in [0.15, 0.2) is 0 Å². The molecule has 2 aromatic heterocycles. The molecule has 0 unspecified atom stereocenters. The molecule has 2 saturated heterocycles. The Kier molecular flexibility index (Phi) is 13.7. The lowest BCUT2D eigenvalue weighted by Crippen LogP contribution is -2.47. The maximum absolute atomic E-state index is 14.1. The summed E-state index contributed by atoms with van der Waals surface area (Å²) >= 11 is 6.25. The minimum absolute atomic E-state index is 0.00944. The molecule has 1 atom stereocenters. The molecule has 2 N–H and O–H groups in total. The third-order valence-electron chi connectivity index (χ3n) is 13.6.